The van der Waals surface area contributed by atoms with E-state index >= 15 is 0 Å². The second-order valence-corrected chi connectivity index (χ2v) is 8.59. The maximum atomic E-state index is 12.3. The summed E-state index contributed by atoms with van der Waals surface area (Å²) in [6, 6.07) is 14.3. The lowest BCUT2D eigenvalue weighted by Crippen LogP contribution is -2.50. The van der Waals surface area contributed by atoms with Crippen molar-refractivity contribution in [3.8, 4) is 5.69 Å². The monoisotopic (exact) mass is 491 g/mol. The molecule has 1 aromatic heterocycles. The van der Waals surface area contributed by atoms with Crippen LogP contribution < -0.4 is 16.2 Å². The van der Waals surface area contributed by atoms with Crippen LogP contribution in [0.2, 0.25) is 15.1 Å². The first-order chi connectivity index (χ1) is 15.4. The van der Waals surface area contributed by atoms with Gasteiger partial charge in [0.1, 0.15) is 11.1 Å². The van der Waals surface area contributed by atoms with Gasteiger partial charge in [-0.05, 0) is 23.8 Å². The van der Waals surface area contributed by atoms with E-state index in [1.165, 1.54) is 6.20 Å². The molecule has 0 bridgehead atoms. The summed E-state index contributed by atoms with van der Waals surface area (Å²) in [5, 5.41) is 4.51. The third kappa shape index (κ3) is 4.47. The van der Waals surface area contributed by atoms with E-state index in [4.69, 9.17) is 40.5 Å². The van der Waals surface area contributed by atoms with Crippen LogP contribution in [0.25, 0.3) is 5.69 Å². The SMILES string of the molecule is NC(=O)C(c1ccccc1)N1CCN(c2ccc(-n3ncc(Cl)c(Cl)c3=O)cc2Cl)CC1. The van der Waals surface area contributed by atoms with Gasteiger partial charge in [0, 0.05) is 26.2 Å². The normalized spacial score (nSPS) is 15.5. The molecule has 2 heterocycles. The highest BCUT2D eigenvalue weighted by atomic mass is 35.5. The first kappa shape index (κ1) is 22.6. The lowest BCUT2D eigenvalue weighted by atomic mass is 10.0. The lowest BCUT2D eigenvalue weighted by Gasteiger charge is -2.39. The van der Waals surface area contributed by atoms with E-state index in [1.54, 1.807) is 12.1 Å². The number of aromatic nitrogens is 2. The zero-order valence-electron chi connectivity index (χ0n) is 16.9. The second kappa shape index (κ2) is 9.50. The first-order valence-electron chi connectivity index (χ1n) is 9.93. The molecule has 3 aromatic rings. The number of hydrogen-bond donors (Lipinski definition) is 1. The number of halogens is 3. The molecular formula is C22H20Cl3N5O2. The molecule has 1 aliphatic heterocycles. The van der Waals surface area contributed by atoms with Gasteiger partial charge in [-0.3, -0.25) is 14.5 Å². The highest BCUT2D eigenvalue weighted by Crippen LogP contribution is 2.30. The molecular weight excluding hydrogens is 473 g/mol. The fraction of sp³-hybridized carbons (Fsp3) is 0.227. The van der Waals surface area contributed by atoms with Gasteiger partial charge < -0.3 is 10.6 Å². The summed E-state index contributed by atoms with van der Waals surface area (Å²) in [5.41, 5.74) is 7.39. The summed E-state index contributed by atoms with van der Waals surface area (Å²) in [6.45, 7) is 2.63. The molecule has 32 heavy (non-hydrogen) atoms. The minimum absolute atomic E-state index is 0.0956. The van der Waals surface area contributed by atoms with Gasteiger partial charge in [0.2, 0.25) is 5.91 Å². The topological polar surface area (TPSA) is 84.5 Å². The van der Waals surface area contributed by atoms with E-state index in [0.29, 0.717) is 36.9 Å². The Hall–Kier alpha value is -2.58. The quantitative estimate of drug-likeness (QED) is 0.589. The largest absolute Gasteiger partial charge is 0.368 e. The van der Waals surface area contributed by atoms with Crippen molar-refractivity contribution in [3.05, 3.63) is 85.7 Å². The van der Waals surface area contributed by atoms with Crippen molar-refractivity contribution in [1.29, 1.82) is 0 Å². The summed E-state index contributed by atoms with van der Waals surface area (Å²) in [4.78, 5) is 28.7. The number of carbonyl (C=O) groups excluding carboxylic acids is 1. The van der Waals surface area contributed by atoms with Crippen LogP contribution in [0.3, 0.4) is 0 Å². The van der Waals surface area contributed by atoms with E-state index in [2.05, 4.69) is 14.9 Å². The predicted octanol–water partition coefficient (Wildman–Crippen LogP) is 3.54. The molecule has 7 nitrogen and oxygen atoms in total. The number of rotatable bonds is 5. The Bertz CT molecular complexity index is 1190. The van der Waals surface area contributed by atoms with Gasteiger partial charge in [0.15, 0.2) is 0 Å². The van der Waals surface area contributed by atoms with Crippen LogP contribution in [-0.4, -0.2) is 46.8 Å². The number of carbonyl (C=O) groups is 1. The smallest absolute Gasteiger partial charge is 0.291 e. The molecule has 166 valence electrons. The lowest BCUT2D eigenvalue weighted by molar-refractivity contribution is -0.123. The Balaban J connectivity index is 1.51. The Kier molecular flexibility index (Phi) is 6.71. The molecule has 2 N–H and O–H groups in total. The van der Waals surface area contributed by atoms with Crippen molar-refractivity contribution in [2.75, 3.05) is 31.1 Å². The molecule has 0 spiro atoms. The summed E-state index contributed by atoms with van der Waals surface area (Å²) in [6.07, 6.45) is 1.31. The van der Waals surface area contributed by atoms with Gasteiger partial charge in [-0.15, -0.1) is 0 Å². The number of anilines is 1. The molecule has 2 aromatic carbocycles. The van der Waals surface area contributed by atoms with Gasteiger partial charge >= 0.3 is 0 Å². The highest BCUT2D eigenvalue weighted by Gasteiger charge is 2.29. The van der Waals surface area contributed by atoms with Gasteiger partial charge in [0.05, 0.1) is 27.6 Å². The van der Waals surface area contributed by atoms with Crippen LogP contribution in [0.15, 0.2) is 59.5 Å². The van der Waals surface area contributed by atoms with Crippen LogP contribution in [0.1, 0.15) is 11.6 Å². The van der Waals surface area contributed by atoms with Crippen molar-refractivity contribution in [2.45, 2.75) is 6.04 Å². The number of piperazine rings is 1. The Labute approximate surface area is 199 Å². The van der Waals surface area contributed by atoms with Gasteiger partial charge in [-0.2, -0.15) is 9.78 Å². The number of primary amides is 1. The summed E-state index contributed by atoms with van der Waals surface area (Å²) in [5.74, 6) is -0.369. The number of amides is 1. The molecule has 1 amide bonds. The zero-order valence-corrected chi connectivity index (χ0v) is 19.2. The average Bonchev–Trinajstić information content (AvgIpc) is 2.79. The number of nitrogens with zero attached hydrogens (tertiary/aromatic N) is 4. The van der Waals surface area contributed by atoms with Crippen molar-refractivity contribution >= 4 is 46.4 Å². The molecule has 10 heteroatoms. The molecule has 0 aliphatic carbocycles. The van der Waals surface area contributed by atoms with Gasteiger partial charge in [-0.1, -0.05) is 65.1 Å². The van der Waals surface area contributed by atoms with Crippen LogP contribution in [0, 0.1) is 0 Å². The average molecular weight is 493 g/mol. The molecule has 1 fully saturated rings. The van der Waals surface area contributed by atoms with Crippen molar-refractivity contribution < 1.29 is 4.79 Å². The highest BCUT2D eigenvalue weighted by molar-refractivity contribution is 6.41. The molecule has 1 saturated heterocycles. The van der Waals surface area contributed by atoms with Crippen LogP contribution in [0.4, 0.5) is 5.69 Å². The molecule has 1 aliphatic rings. The summed E-state index contributed by atoms with van der Waals surface area (Å²) >= 11 is 18.3. The van der Waals surface area contributed by atoms with Crippen LogP contribution in [0.5, 0.6) is 0 Å². The van der Waals surface area contributed by atoms with E-state index in [9.17, 15) is 9.59 Å². The standard InChI is InChI=1S/C22H20Cl3N5O2/c23-16-12-15(30-22(32)19(25)17(24)13-27-30)6-7-18(16)28-8-10-29(11-9-28)20(21(26)31)14-4-2-1-3-5-14/h1-7,12-13,20H,8-11H2,(H2,26,31). The van der Waals surface area contributed by atoms with E-state index in [-0.39, 0.29) is 16.0 Å². The maximum Gasteiger partial charge on any atom is 0.291 e. The molecule has 1 unspecified atom stereocenters. The van der Waals surface area contributed by atoms with E-state index < -0.39 is 11.6 Å². The van der Waals surface area contributed by atoms with Crippen LogP contribution in [-0.2, 0) is 4.79 Å². The third-order valence-corrected chi connectivity index (χ3v) is 6.51. The van der Waals surface area contributed by atoms with Crippen molar-refractivity contribution in [1.82, 2.24) is 14.7 Å². The molecule has 0 radical (unpaired) electrons. The molecule has 0 saturated carbocycles. The predicted molar refractivity (Wildman–Crippen MR) is 127 cm³/mol. The minimum atomic E-state index is -0.519. The number of hydrogen-bond acceptors (Lipinski definition) is 5. The summed E-state index contributed by atoms with van der Waals surface area (Å²) in [7, 11) is 0. The Morgan fingerprint density at radius 1 is 0.969 bits per heavy atom. The van der Waals surface area contributed by atoms with E-state index in [1.807, 2.05) is 36.4 Å². The fourth-order valence-electron chi connectivity index (χ4n) is 3.89. The minimum Gasteiger partial charge on any atom is -0.368 e. The number of benzene rings is 2. The first-order valence-corrected chi connectivity index (χ1v) is 11.1. The number of nitrogens with two attached hydrogens (primary N) is 1. The zero-order chi connectivity index (χ0) is 22.8. The molecule has 1 atom stereocenters. The van der Waals surface area contributed by atoms with Crippen LogP contribution >= 0.6 is 34.8 Å². The maximum absolute atomic E-state index is 12.3. The van der Waals surface area contributed by atoms with Gasteiger partial charge in [0.25, 0.3) is 5.56 Å². The third-order valence-electron chi connectivity index (χ3n) is 5.46. The van der Waals surface area contributed by atoms with E-state index in [0.717, 1.165) is 15.9 Å². The van der Waals surface area contributed by atoms with Crippen molar-refractivity contribution in [3.63, 3.8) is 0 Å². The Morgan fingerprint density at radius 3 is 2.28 bits per heavy atom. The fourth-order valence-corrected chi connectivity index (χ4v) is 4.44. The Morgan fingerprint density at radius 2 is 1.66 bits per heavy atom. The second-order valence-electron chi connectivity index (χ2n) is 7.40. The van der Waals surface area contributed by atoms with Gasteiger partial charge in [-0.25, -0.2) is 0 Å². The van der Waals surface area contributed by atoms with Crippen molar-refractivity contribution in [2.24, 2.45) is 5.73 Å². The molecule has 4 rings (SSSR count). The summed E-state index contributed by atoms with van der Waals surface area (Å²) < 4.78 is 1.15.